The van der Waals surface area contributed by atoms with Crippen molar-refractivity contribution in [3.05, 3.63) is 41.7 Å². The summed E-state index contributed by atoms with van der Waals surface area (Å²) in [4.78, 5) is 14.7. The molecule has 2 aromatic rings. The fraction of sp³-hybridized carbons (Fsp3) is 0.621. The van der Waals surface area contributed by atoms with Gasteiger partial charge in [0.15, 0.2) is 5.11 Å². The van der Waals surface area contributed by atoms with Crippen LogP contribution in [0.25, 0.3) is 0 Å². The SMILES string of the molecule is Fc1ccc(C2(CNC(=S)Nc3nc(N4CCCCCC4)cc(N4CCCCCC4)n3)CCOCC2)cc1. The monoisotopic (exact) mass is 540 g/mol. The van der Waals surface area contributed by atoms with Gasteiger partial charge in [-0.25, -0.2) is 4.39 Å². The predicted octanol–water partition coefficient (Wildman–Crippen LogP) is 5.41. The number of hydrogen-bond donors (Lipinski definition) is 2. The lowest BCUT2D eigenvalue weighted by atomic mass is 9.74. The van der Waals surface area contributed by atoms with Gasteiger partial charge in [-0.3, -0.25) is 0 Å². The second-order valence-corrected chi connectivity index (χ2v) is 11.3. The lowest BCUT2D eigenvalue weighted by Gasteiger charge is -2.38. The quantitative estimate of drug-likeness (QED) is 0.472. The highest BCUT2D eigenvalue weighted by molar-refractivity contribution is 7.80. The number of rotatable bonds is 6. The normalized spacial score (nSPS) is 20.3. The first-order valence-electron chi connectivity index (χ1n) is 14.4. The molecule has 9 heteroatoms. The summed E-state index contributed by atoms with van der Waals surface area (Å²) in [5.74, 6) is 2.30. The molecule has 1 aromatic heterocycles. The largest absolute Gasteiger partial charge is 0.381 e. The number of nitrogens with one attached hydrogen (secondary N) is 2. The topological polar surface area (TPSA) is 65.6 Å². The van der Waals surface area contributed by atoms with Crippen LogP contribution in [0.3, 0.4) is 0 Å². The third kappa shape index (κ3) is 6.91. The van der Waals surface area contributed by atoms with Crippen LogP contribution in [-0.2, 0) is 10.2 Å². The summed E-state index contributed by atoms with van der Waals surface area (Å²) in [7, 11) is 0. The van der Waals surface area contributed by atoms with Crippen molar-refractivity contribution < 1.29 is 9.13 Å². The minimum Gasteiger partial charge on any atom is -0.381 e. The minimum atomic E-state index is -0.220. The summed E-state index contributed by atoms with van der Waals surface area (Å²) in [6.45, 7) is 6.11. The van der Waals surface area contributed by atoms with Crippen LogP contribution < -0.4 is 20.4 Å². The van der Waals surface area contributed by atoms with E-state index >= 15 is 0 Å². The molecule has 0 unspecified atom stereocenters. The van der Waals surface area contributed by atoms with Gasteiger partial charge in [0.25, 0.3) is 0 Å². The lowest BCUT2D eigenvalue weighted by molar-refractivity contribution is 0.0515. The van der Waals surface area contributed by atoms with Crippen molar-refractivity contribution in [3.63, 3.8) is 0 Å². The number of hydrogen-bond acceptors (Lipinski definition) is 6. The van der Waals surface area contributed by atoms with Crippen LogP contribution in [0.15, 0.2) is 30.3 Å². The smallest absolute Gasteiger partial charge is 0.232 e. The van der Waals surface area contributed by atoms with Gasteiger partial charge in [0.2, 0.25) is 5.95 Å². The third-order valence-electron chi connectivity index (χ3n) is 8.28. The van der Waals surface area contributed by atoms with Gasteiger partial charge in [0, 0.05) is 57.4 Å². The van der Waals surface area contributed by atoms with Gasteiger partial charge in [0.05, 0.1) is 0 Å². The lowest BCUT2D eigenvalue weighted by Crippen LogP contribution is -2.45. The summed E-state index contributed by atoms with van der Waals surface area (Å²) >= 11 is 5.75. The first-order chi connectivity index (χ1) is 18.6. The maximum absolute atomic E-state index is 13.6. The number of halogens is 1. The Hall–Kier alpha value is -2.52. The van der Waals surface area contributed by atoms with Gasteiger partial charge >= 0.3 is 0 Å². The zero-order chi connectivity index (χ0) is 26.2. The number of aromatic nitrogens is 2. The molecule has 3 aliphatic heterocycles. The number of anilines is 3. The van der Waals surface area contributed by atoms with E-state index in [1.54, 1.807) is 0 Å². The van der Waals surface area contributed by atoms with Gasteiger partial charge in [-0.2, -0.15) is 9.97 Å². The van der Waals surface area contributed by atoms with Crippen LogP contribution in [0.2, 0.25) is 0 Å². The number of ether oxygens (including phenoxy) is 1. The average Bonchev–Trinajstić information content (AvgIpc) is 3.39. The maximum Gasteiger partial charge on any atom is 0.232 e. The Morgan fingerprint density at radius 2 is 1.37 bits per heavy atom. The molecule has 0 atom stereocenters. The third-order valence-corrected chi connectivity index (χ3v) is 8.52. The number of thiocarbonyl (C=S) groups is 1. The maximum atomic E-state index is 13.6. The first-order valence-corrected chi connectivity index (χ1v) is 14.8. The van der Waals surface area contributed by atoms with Crippen LogP contribution >= 0.6 is 12.2 Å². The number of benzene rings is 1. The summed E-state index contributed by atoms with van der Waals surface area (Å²) in [6, 6.07) is 9.02. The Labute approximate surface area is 231 Å². The molecule has 4 heterocycles. The second-order valence-electron chi connectivity index (χ2n) is 10.9. The van der Waals surface area contributed by atoms with Gasteiger partial charge in [-0.15, -0.1) is 0 Å². The molecule has 0 bridgehead atoms. The molecular weight excluding hydrogens is 499 g/mol. The molecule has 3 saturated heterocycles. The first kappa shape index (κ1) is 27.1. The summed E-state index contributed by atoms with van der Waals surface area (Å²) in [5.41, 5.74) is 0.948. The summed E-state index contributed by atoms with van der Waals surface area (Å²) < 4.78 is 19.3. The molecule has 2 N–H and O–H groups in total. The summed E-state index contributed by atoms with van der Waals surface area (Å²) in [6.07, 6.45) is 11.6. The molecule has 3 fully saturated rings. The van der Waals surface area contributed by atoms with Crippen molar-refractivity contribution in [3.8, 4) is 0 Å². The molecule has 3 aliphatic rings. The van der Waals surface area contributed by atoms with Crippen molar-refractivity contribution in [2.24, 2.45) is 0 Å². The summed E-state index contributed by atoms with van der Waals surface area (Å²) in [5, 5.41) is 7.25. The van der Waals surface area contributed by atoms with E-state index in [4.69, 9.17) is 26.9 Å². The van der Waals surface area contributed by atoms with E-state index < -0.39 is 0 Å². The zero-order valence-electron chi connectivity index (χ0n) is 22.4. The fourth-order valence-electron chi connectivity index (χ4n) is 5.93. The molecule has 0 amide bonds. The minimum absolute atomic E-state index is 0.163. The van der Waals surface area contributed by atoms with Crippen LogP contribution in [0.4, 0.5) is 22.0 Å². The van der Waals surface area contributed by atoms with Crippen molar-refractivity contribution in [1.82, 2.24) is 15.3 Å². The van der Waals surface area contributed by atoms with E-state index in [0.29, 0.717) is 30.8 Å². The molecule has 0 saturated carbocycles. The van der Waals surface area contributed by atoms with E-state index in [1.807, 2.05) is 12.1 Å². The molecule has 7 nitrogen and oxygen atoms in total. The van der Waals surface area contributed by atoms with E-state index in [0.717, 1.165) is 56.2 Å². The Bertz CT molecular complexity index is 1010. The highest BCUT2D eigenvalue weighted by Crippen LogP contribution is 2.34. The van der Waals surface area contributed by atoms with E-state index in [-0.39, 0.29) is 11.2 Å². The highest BCUT2D eigenvalue weighted by Gasteiger charge is 2.34. The van der Waals surface area contributed by atoms with E-state index in [1.165, 1.54) is 63.5 Å². The van der Waals surface area contributed by atoms with Crippen LogP contribution in [-0.4, -0.2) is 61.0 Å². The highest BCUT2D eigenvalue weighted by atomic mass is 32.1. The standard InChI is InChI=1S/C29H41FN6OS/c30-24-11-9-23(10-12-24)29(13-19-37-20-14-29)22-31-28(38)34-27-32-25(35-15-5-1-2-6-16-35)21-26(33-27)36-17-7-3-4-8-18-36/h9-12,21H,1-8,13-20,22H2,(H2,31,32,33,34,38). The molecule has 0 radical (unpaired) electrons. The Balaban J connectivity index is 1.32. The van der Waals surface area contributed by atoms with Gasteiger partial charge < -0.3 is 25.2 Å². The van der Waals surface area contributed by atoms with E-state index in [2.05, 4.69) is 26.5 Å². The molecule has 0 spiro atoms. The molecule has 5 rings (SSSR count). The van der Waals surface area contributed by atoms with E-state index in [9.17, 15) is 4.39 Å². The zero-order valence-corrected chi connectivity index (χ0v) is 23.2. The molecule has 1 aromatic carbocycles. The van der Waals surface area contributed by atoms with Gasteiger partial charge in [0.1, 0.15) is 17.5 Å². The van der Waals surface area contributed by atoms with Crippen molar-refractivity contribution >= 4 is 34.9 Å². The molecule has 38 heavy (non-hydrogen) atoms. The Morgan fingerprint density at radius 3 is 1.89 bits per heavy atom. The Kier molecular flexibility index (Phi) is 9.27. The van der Waals surface area contributed by atoms with Crippen molar-refractivity contribution in [1.29, 1.82) is 0 Å². The van der Waals surface area contributed by atoms with Crippen LogP contribution in [0.1, 0.15) is 69.8 Å². The second kappa shape index (κ2) is 13.0. The van der Waals surface area contributed by atoms with Crippen LogP contribution in [0.5, 0.6) is 0 Å². The molecule has 206 valence electrons. The van der Waals surface area contributed by atoms with Gasteiger partial charge in [-0.05, 0) is 68.4 Å². The van der Waals surface area contributed by atoms with Crippen molar-refractivity contribution in [2.45, 2.75) is 69.6 Å². The fourth-order valence-corrected chi connectivity index (χ4v) is 6.09. The molecule has 0 aliphatic carbocycles. The Morgan fingerprint density at radius 1 is 0.842 bits per heavy atom. The van der Waals surface area contributed by atoms with Crippen molar-refractivity contribution in [2.75, 3.05) is 61.1 Å². The average molecular weight is 541 g/mol. The van der Waals surface area contributed by atoms with Gasteiger partial charge in [-0.1, -0.05) is 37.8 Å². The molecular formula is C29H41FN6OS. The van der Waals surface area contributed by atoms with Crippen LogP contribution in [0, 0.1) is 5.82 Å². The predicted molar refractivity (Wildman–Crippen MR) is 156 cm³/mol. The number of nitrogens with zero attached hydrogens (tertiary/aromatic N) is 4.